The third-order valence-corrected chi connectivity index (χ3v) is 4.05. The first-order chi connectivity index (χ1) is 8.65. The first-order valence-corrected chi connectivity index (χ1v) is 6.61. The van der Waals surface area contributed by atoms with E-state index >= 15 is 0 Å². The number of halogens is 1. The number of fused-ring (bicyclic) bond motifs is 1. The smallest absolute Gasteiger partial charge is 0.0639 e. The number of hydrogen-bond acceptors (Lipinski definition) is 1. The average Bonchev–Trinajstić information content (AvgIpc) is 2.73. The van der Waals surface area contributed by atoms with Crippen LogP contribution in [-0.4, -0.2) is 0 Å². The van der Waals surface area contributed by atoms with Crippen molar-refractivity contribution in [2.45, 2.75) is 26.9 Å². The van der Waals surface area contributed by atoms with Gasteiger partial charge in [0.1, 0.15) is 0 Å². The summed E-state index contributed by atoms with van der Waals surface area (Å²) in [5.41, 5.74) is 6.73. The van der Waals surface area contributed by atoms with Crippen LogP contribution >= 0.6 is 11.6 Å². The van der Waals surface area contributed by atoms with E-state index in [0.717, 1.165) is 23.8 Å². The molecule has 0 aliphatic carbocycles. The molecule has 0 saturated heterocycles. The Hall–Kier alpha value is -1.47. The molecule has 0 amide bonds. The Morgan fingerprint density at radius 3 is 2.06 bits per heavy atom. The number of anilines is 1. The molecule has 92 valence electrons. The van der Waals surface area contributed by atoms with Gasteiger partial charge in [0.15, 0.2) is 0 Å². The van der Waals surface area contributed by atoms with E-state index in [0.29, 0.717) is 0 Å². The Kier molecular flexibility index (Phi) is 2.79. The van der Waals surface area contributed by atoms with E-state index in [1.54, 1.807) is 0 Å². The second kappa shape index (κ2) is 4.33. The minimum Gasteiger partial charge on any atom is -0.362 e. The molecule has 0 radical (unpaired) electrons. The van der Waals surface area contributed by atoms with Crippen molar-refractivity contribution in [3.8, 4) is 0 Å². The molecule has 1 aliphatic heterocycles. The number of nitrogens with zero attached hydrogens (tertiary/aromatic N) is 1. The number of aryl methyl sites for hydroxylation is 2. The molecule has 0 N–H and O–H groups in total. The van der Waals surface area contributed by atoms with Crippen molar-refractivity contribution in [3.05, 3.63) is 63.7 Å². The lowest BCUT2D eigenvalue weighted by atomic mass is 10.0. The maximum Gasteiger partial charge on any atom is 0.0639 e. The van der Waals surface area contributed by atoms with Gasteiger partial charge >= 0.3 is 0 Å². The van der Waals surface area contributed by atoms with Crippen LogP contribution in [0.25, 0.3) is 0 Å². The van der Waals surface area contributed by atoms with Crippen molar-refractivity contribution in [1.29, 1.82) is 0 Å². The number of rotatable bonds is 1. The minimum absolute atomic E-state index is 0.832. The normalized spacial score (nSPS) is 13.8. The Balaban J connectivity index is 1.96. The summed E-state index contributed by atoms with van der Waals surface area (Å²) in [6.07, 6.45) is 0. The van der Waals surface area contributed by atoms with E-state index in [1.807, 2.05) is 18.2 Å². The van der Waals surface area contributed by atoms with Gasteiger partial charge in [-0.15, -0.1) is 0 Å². The maximum atomic E-state index is 6.27. The van der Waals surface area contributed by atoms with Crippen LogP contribution in [0.2, 0.25) is 5.02 Å². The molecule has 0 aromatic heterocycles. The Morgan fingerprint density at radius 1 is 0.944 bits per heavy atom. The quantitative estimate of drug-likeness (QED) is 0.728. The van der Waals surface area contributed by atoms with Crippen LogP contribution in [0.15, 0.2) is 36.4 Å². The van der Waals surface area contributed by atoms with Crippen molar-refractivity contribution in [2.24, 2.45) is 0 Å². The molecule has 0 saturated carbocycles. The standard InChI is InChI=1S/C16H16ClN/c1-11-7-13-9-18(10-14(13)8-12(11)2)16-6-4-3-5-15(16)17/h3-8H,9-10H2,1-2H3. The Labute approximate surface area is 113 Å². The molecule has 1 nitrogen and oxygen atoms in total. The topological polar surface area (TPSA) is 3.24 Å². The molecule has 0 spiro atoms. The first kappa shape index (κ1) is 11.6. The van der Waals surface area contributed by atoms with Crippen LogP contribution in [0.5, 0.6) is 0 Å². The summed E-state index contributed by atoms with van der Waals surface area (Å²) in [5, 5.41) is 0.832. The highest BCUT2D eigenvalue weighted by atomic mass is 35.5. The Bertz CT molecular complexity index is 573. The van der Waals surface area contributed by atoms with Crippen molar-refractivity contribution in [3.63, 3.8) is 0 Å². The molecule has 0 atom stereocenters. The molecule has 2 heteroatoms. The van der Waals surface area contributed by atoms with Crippen LogP contribution in [-0.2, 0) is 13.1 Å². The van der Waals surface area contributed by atoms with Crippen molar-refractivity contribution >= 4 is 17.3 Å². The molecule has 0 unspecified atom stereocenters. The minimum atomic E-state index is 0.832. The summed E-state index contributed by atoms with van der Waals surface area (Å²) >= 11 is 6.27. The summed E-state index contributed by atoms with van der Waals surface area (Å²) in [7, 11) is 0. The van der Waals surface area contributed by atoms with Gasteiger partial charge in [-0.05, 0) is 48.2 Å². The number of para-hydroxylation sites is 1. The van der Waals surface area contributed by atoms with Gasteiger partial charge in [-0.1, -0.05) is 35.9 Å². The molecule has 1 aliphatic rings. The zero-order valence-corrected chi connectivity index (χ0v) is 11.5. The van der Waals surface area contributed by atoms with Gasteiger partial charge in [-0.3, -0.25) is 0 Å². The lowest BCUT2D eigenvalue weighted by molar-refractivity contribution is 0.880. The van der Waals surface area contributed by atoms with E-state index < -0.39 is 0 Å². The highest BCUT2D eigenvalue weighted by molar-refractivity contribution is 6.33. The number of benzene rings is 2. The lowest BCUT2D eigenvalue weighted by Gasteiger charge is -2.18. The van der Waals surface area contributed by atoms with Crippen LogP contribution in [0.1, 0.15) is 22.3 Å². The van der Waals surface area contributed by atoms with Crippen molar-refractivity contribution in [2.75, 3.05) is 4.90 Å². The molecule has 2 aromatic carbocycles. The second-order valence-electron chi connectivity index (χ2n) is 5.01. The van der Waals surface area contributed by atoms with Gasteiger partial charge in [0, 0.05) is 13.1 Å². The summed E-state index contributed by atoms with van der Waals surface area (Å²) in [6, 6.07) is 12.7. The fourth-order valence-electron chi connectivity index (χ4n) is 2.58. The molecule has 3 rings (SSSR count). The fraction of sp³-hybridized carbons (Fsp3) is 0.250. The van der Waals surface area contributed by atoms with E-state index in [1.165, 1.54) is 22.3 Å². The van der Waals surface area contributed by atoms with E-state index in [2.05, 4.69) is 36.9 Å². The van der Waals surface area contributed by atoms with Crippen LogP contribution in [0.3, 0.4) is 0 Å². The zero-order valence-electron chi connectivity index (χ0n) is 10.7. The monoisotopic (exact) mass is 257 g/mol. The predicted molar refractivity (Wildman–Crippen MR) is 77.3 cm³/mol. The van der Waals surface area contributed by atoms with Gasteiger partial charge < -0.3 is 4.90 Å². The third kappa shape index (κ3) is 1.89. The highest BCUT2D eigenvalue weighted by Gasteiger charge is 2.21. The SMILES string of the molecule is Cc1cc2c(cc1C)CN(c1ccccc1Cl)C2. The van der Waals surface area contributed by atoms with Gasteiger partial charge in [-0.25, -0.2) is 0 Å². The van der Waals surface area contributed by atoms with Crippen LogP contribution in [0, 0.1) is 13.8 Å². The summed E-state index contributed by atoms with van der Waals surface area (Å²) in [6.45, 7) is 6.27. The first-order valence-electron chi connectivity index (χ1n) is 6.23. The summed E-state index contributed by atoms with van der Waals surface area (Å²) in [5.74, 6) is 0. The fourth-order valence-corrected chi connectivity index (χ4v) is 2.83. The predicted octanol–water partition coefficient (Wildman–Crippen LogP) is 4.48. The lowest BCUT2D eigenvalue weighted by Crippen LogP contribution is -2.14. The maximum absolute atomic E-state index is 6.27. The Morgan fingerprint density at radius 2 is 1.50 bits per heavy atom. The molecule has 18 heavy (non-hydrogen) atoms. The van der Waals surface area contributed by atoms with E-state index in [4.69, 9.17) is 11.6 Å². The van der Waals surface area contributed by atoms with Gasteiger partial charge in [0.2, 0.25) is 0 Å². The molecule has 2 aromatic rings. The van der Waals surface area contributed by atoms with Gasteiger partial charge in [0.05, 0.1) is 10.7 Å². The second-order valence-corrected chi connectivity index (χ2v) is 5.42. The largest absolute Gasteiger partial charge is 0.362 e. The third-order valence-electron chi connectivity index (χ3n) is 3.73. The highest BCUT2D eigenvalue weighted by Crippen LogP contribution is 2.33. The summed E-state index contributed by atoms with van der Waals surface area (Å²) < 4.78 is 0. The van der Waals surface area contributed by atoms with Crippen molar-refractivity contribution in [1.82, 2.24) is 0 Å². The van der Waals surface area contributed by atoms with Crippen LogP contribution in [0.4, 0.5) is 5.69 Å². The molecule has 0 bridgehead atoms. The van der Waals surface area contributed by atoms with E-state index in [-0.39, 0.29) is 0 Å². The zero-order chi connectivity index (χ0) is 12.7. The average molecular weight is 258 g/mol. The van der Waals surface area contributed by atoms with Crippen molar-refractivity contribution < 1.29 is 0 Å². The van der Waals surface area contributed by atoms with E-state index in [9.17, 15) is 0 Å². The molecular weight excluding hydrogens is 242 g/mol. The molecule has 0 fully saturated rings. The number of hydrogen-bond donors (Lipinski definition) is 0. The molecule has 1 heterocycles. The molecular formula is C16H16ClN. The van der Waals surface area contributed by atoms with Gasteiger partial charge in [0.25, 0.3) is 0 Å². The van der Waals surface area contributed by atoms with Crippen LogP contribution < -0.4 is 4.90 Å². The van der Waals surface area contributed by atoms with Gasteiger partial charge in [-0.2, -0.15) is 0 Å². The summed E-state index contributed by atoms with van der Waals surface area (Å²) in [4.78, 5) is 2.34.